The maximum absolute atomic E-state index is 13.9. The van der Waals surface area contributed by atoms with Gasteiger partial charge < -0.3 is 19.2 Å². The van der Waals surface area contributed by atoms with E-state index in [0.717, 1.165) is 15.7 Å². The number of Topliss-reactive ketones (excluding diaryl/α,β-unsaturated/α-hetero) is 1. The maximum atomic E-state index is 13.9. The minimum atomic E-state index is -1.16. The van der Waals surface area contributed by atoms with Crippen LogP contribution in [0.5, 0.6) is 0 Å². The third-order valence-corrected chi connectivity index (χ3v) is 7.78. The molecule has 13 heteroatoms. The summed E-state index contributed by atoms with van der Waals surface area (Å²) >= 11 is 0. The van der Waals surface area contributed by atoms with E-state index < -0.39 is 41.9 Å². The molecule has 13 nitrogen and oxygen atoms in total. The molecule has 4 aromatic carbocycles. The highest BCUT2D eigenvalue weighted by atomic mass is 16.5. The van der Waals surface area contributed by atoms with Crippen LogP contribution in [-0.4, -0.2) is 51.4 Å². The third kappa shape index (κ3) is 8.23. The van der Waals surface area contributed by atoms with Gasteiger partial charge in [0.1, 0.15) is 36.2 Å². The molecule has 6 aromatic rings. The van der Waals surface area contributed by atoms with E-state index in [1.165, 1.54) is 31.5 Å². The summed E-state index contributed by atoms with van der Waals surface area (Å²) in [5.74, 6) is -2.03. The highest BCUT2D eigenvalue weighted by molar-refractivity contribution is 6.01. The summed E-state index contributed by atoms with van der Waals surface area (Å²) in [6.07, 6.45) is 0.390. The zero-order chi connectivity index (χ0) is 35.7. The predicted molar refractivity (Wildman–Crippen MR) is 186 cm³/mol. The number of amides is 2. The standard InChI is InChI=1S/C38H31N5O8/c1-49-37(47)27-17-18-31-28(20-27)41-35(51-31)33(45)29(19-24-11-5-2-6-12-24)40-32(44)22-43-34(26-15-9-4-10-16-26)39-21-30(36(43)46)42-38(48)50-23-25-13-7-3-8-14-25/h2-18,20-21,29H,19,22-23H2,1H3,(H,40,44)(H,42,48). The molecule has 0 fully saturated rings. The zero-order valence-corrected chi connectivity index (χ0v) is 27.3. The van der Waals surface area contributed by atoms with Crippen molar-refractivity contribution in [2.75, 3.05) is 12.4 Å². The summed E-state index contributed by atoms with van der Waals surface area (Å²) in [6.45, 7) is -0.582. The number of fused-ring (bicyclic) bond motifs is 1. The number of carbonyl (C=O) groups is 4. The largest absolute Gasteiger partial charge is 0.465 e. The quantitative estimate of drug-likeness (QED) is 0.129. The molecule has 0 aliphatic carbocycles. The van der Waals surface area contributed by atoms with Crippen LogP contribution < -0.4 is 16.2 Å². The van der Waals surface area contributed by atoms with Crippen LogP contribution in [0, 0.1) is 0 Å². The second kappa shape index (κ2) is 15.6. The number of anilines is 1. The number of hydrogen-bond donors (Lipinski definition) is 2. The lowest BCUT2D eigenvalue weighted by Gasteiger charge is -2.18. The Morgan fingerprint density at radius 1 is 0.863 bits per heavy atom. The van der Waals surface area contributed by atoms with Crippen LogP contribution in [0.2, 0.25) is 0 Å². The van der Waals surface area contributed by atoms with Gasteiger partial charge in [0, 0.05) is 12.0 Å². The first kappa shape index (κ1) is 34.0. The molecular formula is C38H31N5O8. The average Bonchev–Trinajstić information content (AvgIpc) is 3.60. The van der Waals surface area contributed by atoms with Crippen molar-refractivity contribution in [2.24, 2.45) is 0 Å². The Hall–Kier alpha value is -6.89. The smallest absolute Gasteiger partial charge is 0.412 e. The van der Waals surface area contributed by atoms with E-state index in [4.69, 9.17) is 13.9 Å². The average molecular weight is 686 g/mol. The molecule has 0 saturated carbocycles. The summed E-state index contributed by atoms with van der Waals surface area (Å²) in [5, 5.41) is 5.16. The van der Waals surface area contributed by atoms with Gasteiger partial charge in [0.15, 0.2) is 5.58 Å². The fraction of sp³-hybridized carbons (Fsp3) is 0.132. The second-order valence-electron chi connectivity index (χ2n) is 11.3. The number of carbonyl (C=O) groups excluding carboxylic acids is 4. The Kier molecular flexibility index (Phi) is 10.4. The number of ether oxygens (including phenoxy) is 2. The van der Waals surface area contributed by atoms with Gasteiger partial charge in [-0.3, -0.25) is 24.3 Å². The summed E-state index contributed by atoms with van der Waals surface area (Å²) < 4.78 is 16.9. The van der Waals surface area contributed by atoms with Gasteiger partial charge in [-0.1, -0.05) is 91.0 Å². The molecule has 6 rings (SSSR count). The Morgan fingerprint density at radius 3 is 2.22 bits per heavy atom. The molecule has 1 atom stereocenters. The lowest BCUT2D eigenvalue weighted by Crippen LogP contribution is -2.45. The first-order chi connectivity index (χ1) is 24.8. The summed E-state index contributed by atoms with van der Waals surface area (Å²) in [5.41, 5.74) is 1.83. The highest BCUT2D eigenvalue weighted by Crippen LogP contribution is 2.21. The molecule has 2 heterocycles. The number of esters is 1. The van der Waals surface area contributed by atoms with Gasteiger partial charge in [-0.15, -0.1) is 0 Å². The fourth-order valence-electron chi connectivity index (χ4n) is 5.28. The summed E-state index contributed by atoms with van der Waals surface area (Å²) in [6, 6.07) is 30.0. The number of nitrogens with zero attached hydrogens (tertiary/aromatic N) is 3. The molecule has 1 unspecified atom stereocenters. The first-order valence-corrected chi connectivity index (χ1v) is 15.8. The minimum Gasteiger partial charge on any atom is -0.465 e. The SMILES string of the molecule is COC(=O)c1ccc2oc(C(=O)C(Cc3ccccc3)NC(=O)Cn3c(-c4ccccc4)ncc(NC(=O)OCc4ccccc4)c3=O)nc2c1. The summed E-state index contributed by atoms with van der Waals surface area (Å²) in [4.78, 5) is 74.7. The summed E-state index contributed by atoms with van der Waals surface area (Å²) in [7, 11) is 1.25. The van der Waals surface area contributed by atoms with E-state index in [9.17, 15) is 24.0 Å². The normalized spacial score (nSPS) is 11.4. The highest BCUT2D eigenvalue weighted by Gasteiger charge is 2.28. The lowest BCUT2D eigenvalue weighted by atomic mass is 10.0. The molecule has 0 spiro atoms. The van der Waals surface area contributed by atoms with Crippen molar-refractivity contribution in [1.29, 1.82) is 0 Å². The zero-order valence-electron chi connectivity index (χ0n) is 27.3. The Labute approximate surface area is 290 Å². The molecular weight excluding hydrogens is 654 g/mol. The molecule has 0 bridgehead atoms. The van der Waals surface area contributed by atoms with Gasteiger partial charge in [0.25, 0.3) is 11.4 Å². The van der Waals surface area contributed by atoms with E-state index >= 15 is 0 Å². The van der Waals surface area contributed by atoms with Gasteiger partial charge in [-0.05, 0) is 29.3 Å². The Morgan fingerprint density at radius 2 is 1.53 bits per heavy atom. The maximum Gasteiger partial charge on any atom is 0.412 e. The van der Waals surface area contributed by atoms with Crippen LogP contribution in [0.25, 0.3) is 22.5 Å². The van der Waals surface area contributed by atoms with Crippen molar-refractivity contribution in [2.45, 2.75) is 25.6 Å². The topological polar surface area (TPSA) is 172 Å². The van der Waals surface area contributed by atoms with Crippen molar-refractivity contribution < 1.29 is 33.1 Å². The number of nitrogens with one attached hydrogen (secondary N) is 2. The predicted octanol–water partition coefficient (Wildman–Crippen LogP) is 5.20. The number of hydrogen-bond acceptors (Lipinski definition) is 10. The number of oxazole rings is 1. The molecule has 0 saturated heterocycles. The lowest BCUT2D eigenvalue weighted by molar-refractivity contribution is -0.122. The van der Waals surface area contributed by atoms with Crippen molar-refractivity contribution in [3.05, 3.63) is 148 Å². The third-order valence-electron chi connectivity index (χ3n) is 7.78. The molecule has 51 heavy (non-hydrogen) atoms. The number of benzene rings is 4. The molecule has 256 valence electrons. The molecule has 0 radical (unpaired) electrons. The monoisotopic (exact) mass is 685 g/mol. The van der Waals surface area contributed by atoms with Crippen LogP contribution in [0.3, 0.4) is 0 Å². The molecule has 2 amide bonds. The van der Waals surface area contributed by atoms with Crippen molar-refractivity contribution in [3.63, 3.8) is 0 Å². The van der Waals surface area contributed by atoms with Gasteiger partial charge >= 0.3 is 12.1 Å². The van der Waals surface area contributed by atoms with Crippen molar-refractivity contribution >= 4 is 40.5 Å². The minimum absolute atomic E-state index is 0.0256. The van der Waals surface area contributed by atoms with Crippen LogP contribution in [0.15, 0.2) is 125 Å². The van der Waals surface area contributed by atoms with Crippen LogP contribution >= 0.6 is 0 Å². The van der Waals surface area contributed by atoms with Crippen LogP contribution in [-0.2, 0) is 33.8 Å². The molecule has 0 aliphatic heterocycles. The van der Waals surface area contributed by atoms with E-state index in [1.54, 1.807) is 78.9 Å². The molecule has 2 N–H and O–H groups in total. The number of aromatic nitrogens is 3. The van der Waals surface area contributed by atoms with Crippen molar-refractivity contribution in [3.8, 4) is 11.4 Å². The Bertz CT molecular complexity index is 2250. The molecule has 0 aliphatic rings. The van der Waals surface area contributed by atoms with Crippen LogP contribution in [0.4, 0.5) is 10.5 Å². The van der Waals surface area contributed by atoms with Crippen LogP contribution in [0.1, 0.15) is 32.2 Å². The van der Waals surface area contributed by atoms with Gasteiger partial charge in [-0.2, -0.15) is 0 Å². The Balaban J connectivity index is 1.27. The van der Waals surface area contributed by atoms with Crippen molar-refractivity contribution in [1.82, 2.24) is 19.9 Å². The number of ketones is 1. The van der Waals surface area contributed by atoms with E-state index in [0.29, 0.717) is 5.56 Å². The number of rotatable bonds is 12. The van der Waals surface area contributed by atoms with Gasteiger partial charge in [0.2, 0.25) is 11.7 Å². The van der Waals surface area contributed by atoms with Gasteiger partial charge in [0.05, 0.1) is 18.9 Å². The fourth-order valence-corrected chi connectivity index (χ4v) is 5.28. The molecule has 2 aromatic heterocycles. The first-order valence-electron chi connectivity index (χ1n) is 15.8. The second-order valence-corrected chi connectivity index (χ2v) is 11.3. The van der Waals surface area contributed by atoms with E-state index in [1.807, 2.05) is 12.1 Å². The number of methoxy groups -OCH3 is 1. The van der Waals surface area contributed by atoms with Gasteiger partial charge in [-0.25, -0.2) is 19.6 Å². The van der Waals surface area contributed by atoms with E-state index in [-0.39, 0.29) is 47.1 Å². The van der Waals surface area contributed by atoms with E-state index in [2.05, 4.69) is 20.6 Å².